The Kier molecular flexibility index (Phi) is 1.95. The van der Waals surface area contributed by atoms with E-state index in [0.717, 1.165) is 0 Å². The average molecular weight is 172 g/mol. The zero-order chi connectivity index (χ0) is 9.57. The van der Waals surface area contributed by atoms with Crippen LogP contribution in [0.5, 0.6) is 0 Å². The summed E-state index contributed by atoms with van der Waals surface area (Å²) in [5, 5.41) is 0. The second-order valence-corrected chi connectivity index (χ2v) is 4.37. The summed E-state index contributed by atoms with van der Waals surface area (Å²) in [7, 11) is 0. The van der Waals surface area contributed by atoms with Crippen LogP contribution in [-0.4, -0.2) is 23.3 Å². The van der Waals surface area contributed by atoms with Crippen LogP contribution < -0.4 is 0 Å². The Balaban J connectivity index is 2.51. The van der Waals surface area contributed by atoms with E-state index in [9.17, 15) is 4.79 Å². The fourth-order valence-corrected chi connectivity index (χ4v) is 0.927. The van der Waals surface area contributed by atoms with Gasteiger partial charge in [0.15, 0.2) is 5.60 Å². The van der Waals surface area contributed by atoms with Crippen LogP contribution in [0.3, 0.4) is 0 Å². The third-order valence-electron chi connectivity index (χ3n) is 1.94. The number of carbonyl (C=O) groups excluding carboxylic acids is 1. The molecule has 0 saturated carbocycles. The van der Waals surface area contributed by atoms with Crippen molar-refractivity contribution < 1.29 is 14.3 Å². The lowest BCUT2D eigenvalue weighted by atomic mass is 10.1. The lowest BCUT2D eigenvalue weighted by Gasteiger charge is -2.20. The molecule has 70 valence electrons. The standard InChI is InChI=1S/C9H16O3/c1-6-9(5,11-6)7(10)12-8(2,3)4/h6H,1-5H3. The van der Waals surface area contributed by atoms with Crippen LogP contribution >= 0.6 is 0 Å². The van der Waals surface area contributed by atoms with E-state index in [-0.39, 0.29) is 12.1 Å². The van der Waals surface area contributed by atoms with Crippen LogP contribution in [0.1, 0.15) is 34.6 Å². The highest BCUT2D eigenvalue weighted by molar-refractivity contribution is 5.83. The van der Waals surface area contributed by atoms with Gasteiger partial charge < -0.3 is 9.47 Å². The van der Waals surface area contributed by atoms with Crippen molar-refractivity contribution in [2.45, 2.75) is 51.9 Å². The maximum Gasteiger partial charge on any atom is 0.341 e. The molecule has 3 heteroatoms. The molecule has 1 aliphatic rings. The van der Waals surface area contributed by atoms with Crippen LogP contribution in [0.15, 0.2) is 0 Å². The van der Waals surface area contributed by atoms with Crippen molar-refractivity contribution in [1.82, 2.24) is 0 Å². The summed E-state index contributed by atoms with van der Waals surface area (Å²) in [4.78, 5) is 11.4. The largest absolute Gasteiger partial charge is 0.458 e. The van der Waals surface area contributed by atoms with Gasteiger partial charge in [0.1, 0.15) is 5.60 Å². The van der Waals surface area contributed by atoms with Gasteiger partial charge in [-0.1, -0.05) is 0 Å². The summed E-state index contributed by atoms with van der Waals surface area (Å²) in [6.07, 6.45) is -0.00708. The zero-order valence-electron chi connectivity index (χ0n) is 8.30. The molecule has 0 spiro atoms. The number of hydrogen-bond acceptors (Lipinski definition) is 3. The Hall–Kier alpha value is -0.570. The third-order valence-corrected chi connectivity index (χ3v) is 1.94. The Morgan fingerprint density at radius 2 is 1.92 bits per heavy atom. The van der Waals surface area contributed by atoms with Crippen LogP contribution in [0.2, 0.25) is 0 Å². The summed E-state index contributed by atoms with van der Waals surface area (Å²) >= 11 is 0. The minimum Gasteiger partial charge on any atom is -0.458 e. The number of rotatable bonds is 1. The van der Waals surface area contributed by atoms with E-state index < -0.39 is 11.2 Å². The summed E-state index contributed by atoms with van der Waals surface area (Å²) in [5.74, 6) is -0.262. The van der Waals surface area contributed by atoms with Gasteiger partial charge in [0.05, 0.1) is 6.10 Å². The molecule has 1 rings (SSSR count). The Bertz CT molecular complexity index is 204. The van der Waals surface area contributed by atoms with Gasteiger partial charge in [0.2, 0.25) is 0 Å². The van der Waals surface area contributed by atoms with Crippen LogP contribution in [-0.2, 0) is 14.3 Å². The van der Waals surface area contributed by atoms with Crippen molar-refractivity contribution in [1.29, 1.82) is 0 Å². The van der Waals surface area contributed by atoms with Gasteiger partial charge in [0.25, 0.3) is 0 Å². The lowest BCUT2D eigenvalue weighted by molar-refractivity contribution is -0.160. The first kappa shape index (κ1) is 9.52. The molecular weight excluding hydrogens is 156 g/mol. The second-order valence-electron chi connectivity index (χ2n) is 4.37. The Morgan fingerprint density at radius 3 is 2.17 bits per heavy atom. The van der Waals surface area contributed by atoms with Gasteiger partial charge in [0, 0.05) is 0 Å². The van der Waals surface area contributed by atoms with Gasteiger partial charge in [-0.3, -0.25) is 0 Å². The van der Waals surface area contributed by atoms with E-state index in [1.54, 1.807) is 6.92 Å². The first-order valence-corrected chi connectivity index (χ1v) is 4.17. The predicted octanol–water partition coefficient (Wildman–Crippen LogP) is 1.51. The quantitative estimate of drug-likeness (QED) is 0.444. The van der Waals surface area contributed by atoms with Gasteiger partial charge in [-0.05, 0) is 34.6 Å². The fraction of sp³-hybridized carbons (Fsp3) is 0.889. The first-order valence-electron chi connectivity index (χ1n) is 4.17. The lowest BCUT2D eigenvalue weighted by Crippen LogP contribution is -2.33. The Labute approximate surface area is 73.0 Å². The minimum absolute atomic E-state index is 0.00708. The molecular formula is C9H16O3. The number of hydrogen-bond donors (Lipinski definition) is 0. The zero-order valence-corrected chi connectivity index (χ0v) is 8.30. The van der Waals surface area contributed by atoms with Gasteiger partial charge in [-0.15, -0.1) is 0 Å². The van der Waals surface area contributed by atoms with Gasteiger partial charge in [-0.2, -0.15) is 0 Å². The molecule has 0 radical (unpaired) electrons. The molecule has 0 N–H and O–H groups in total. The van der Waals surface area contributed by atoms with E-state index in [2.05, 4.69) is 0 Å². The van der Waals surface area contributed by atoms with Crippen molar-refractivity contribution >= 4 is 5.97 Å². The Morgan fingerprint density at radius 1 is 1.50 bits per heavy atom. The summed E-state index contributed by atoms with van der Waals surface area (Å²) in [6.45, 7) is 9.17. The van der Waals surface area contributed by atoms with Crippen molar-refractivity contribution in [3.05, 3.63) is 0 Å². The topological polar surface area (TPSA) is 38.8 Å². The van der Waals surface area contributed by atoms with Crippen LogP contribution in [0.4, 0.5) is 0 Å². The highest BCUT2D eigenvalue weighted by atomic mass is 16.7. The number of esters is 1. The summed E-state index contributed by atoms with van der Waals surface area (Å²) in [5.41, 5.74) is -1.11. The fourth-order valence-electron chi connectivity index (χ4n) is 0.927. The van der Waals surface area contributed by atoms with Crippen LogP contribution in [0, 0.1) is 0 Å². The third kappa shape index (κ3) is 1.78. The normalized spacial score (nSPS) is 34.6. The molecule has 3 nitrogen and oxygen atoms in total. The molecule has 12 heavy (non-hydrogen) atoms. The number of ether oxygens (including phenoxy) is 2. The summed E-state index contributed by atoms with van der Waals surface area (Å²) in [6, 6.07) is 0. The monoisotopic (exact) mass is 172 g/mol. The maximum absolute atomic E-state index is 11.4. The van der Waals surface area contributed by atoms with E-state index in [0.29, 0.717) is 0 Å². The number of carbonyl (C=O) groups is 1. The van der Waals surface area contributed by atoms with E-state index in [1.165, 1.54) is 0 Å². The molecule has 1 heterocycles. The highest BCUT2D eigenvalue weighted by Crippen LogP contribution is 2.37. The molecule has 0 amide bonds. The van der Waals surface area contributed by atoms with Crippen molar-refractivity contribution in [2.24, 2.45) is 0 Å². The van der Waals surface area contributed by atoms with Crippen molar-refractivity contribution in [3.8, 4) is 0 Å². The molecule has 1 fully saturated rings. The smallest absolute Gasteiger partial charge is 0.341 e. The predicted molar refractivity (Wildman–Crippen MR) is 44.8 cm³/mol. The molecule has 0 bridgehead atoms. The average Bonchev–Trinajstić information content (AvgIpc) is 2.37. The SMILES string of the molecule is CC1OC1(C)C(=O)OC(C)(C)C. The molecule has 0 aliphatic carbocycles. The van der Waals surface area contributed by atoms with Gasteiger partial charge in [-0.25, -0.2) is 4.79 Å². The van der Waals surface area contributed by atoms with Crippen molar-refractivity contribution in [2.75, 3.05) is 0 Å². The first-order chi connectivity index (χ1) is 5.26. The van der Waals surface area contributed by atoms with Crippen LogP contribution in [0.25, 0.3) is 0 Å². The molecule has 0 aromatic rings. The molecule has 1 saturated heterocycles. The summed E-state index contributed by atoms with van der Waals surface area (Å²) < 4.78 is 10.3. The second kappa shape index (κ2) is 2.46. The molecule has 1 aliphatic heterocycles. The van der Waals surface area contributed by atoms with Crippen molar-refractivity contribution in [3.63, 3.8) is 0 Å². The van der Waals surface area contributed by atoms with E-state index in [1.807, 2.05) is 27.7 Å². The highest BCUT2D eigenvalue weighted by Gasteiger charge is 2.57. The molecule has 2 unspecified atom stereocenters. The molecule has 0 aromatic heterocycles. The molecule has 2 atom stereocenters. The minimum atomic E-state index is -0.687. The van der Waals surface area contributed by atoms with Gasteiger partial charge >= 0.3 is 5.97 Å². The van der Waals surface area contributed by atoms with E-state index >= 15 is 0 Å². The maximum atomic E-state index is 11.4. The molecule has 0 aromatic carbocycles. The van der Waals surface area contributed by atoms with E-state index in [4.69, 9.17) is 9.47 Å². The number of epoxide rings is 1.